The summed E-state index contributed by atoms with van der Waals surface area (Å²) >= 11 is 6.17. The third kappa shape index (κ3) is 5.11. The van der Waals surface area contributed by atoms with Crippen LogP contribution in [0.3, 0.4) is 0 Å². The zero-order valence-corrected chi connectivity index (χ0v) is 19.4. The number of rotatable bonds is 7. The molecule has 1 aliphatic heterocycles. The Labute approximate surface area is 187 Å². The predicted octanol–water partition coefficient (Wildman–Crippen LogP) is 2.05. The van der Waals surface area contributed by atoms with E-state index in [0.29, 0.717) is 31.2 Å². The lowest BCUT2D eigenvalue weighted by Gasteiger charge is -2.33. The van der Waals surface area contributed by atoms with Gasteiger partial charge in [-0.3, -0.25) is 9.48 Å². The van der Waals surface area contributed by atoms with Gasteiger partial charge in [0, 0.05) is 32.9 Å². The SMILES string of the molecule is Cc1nn(C)c(Cl)c1S(=O)(=O)NC(CCn1cccc1C#N)C(=O)N1CCC(C)CC1. The molecule has 3 rings (SSSR count). The normalized spacial score (nSPS) is 16.3. The Morgan fingerprint density at radius 1 is 1.42 bits per heavy atom. The number of nitrogens with zero attached hydrogens (tertiary/aromatic N) is 5. The van der Waals surface area contributed by atoms with E-state index in [9.17, 15) is 18.5 Å². The van der Waals surface area contributed by atoms with Gasteiger partial charge in [0.25, 0.3) is 0 Å². The molecule has 31 heavy (non-hydrogen) atoms. The fourth-order valence-corrected chi connectivity index (χ4v) is 5.80. The van der Waals surface area contributed by atoms with Crippen molar-refractivity contribution in [1.29, 1.82) is 5.26 Å². The maximum Gasteiger partial charge on any atom is 0.246 e. The van der Waals surface area contributed by atoms with Crippen LogP contribution in [0.4, 0.5) is 0 Å². The van der Waals surface area contributed by atoms with Crippen molar-refractivity contribution in [2.45, 2.75) is 50.6 Å². The second kappa shape index (κ2) is 9.42. The van der Waals surface area contributed by atoms with Crippen molar-refractivity contribution in [1.82, 2.24) is 24.0 Å². The highest BCUT2D eigenvalue weighted by atomic mass is 35.5. The Kier molecular flexibility index (Phi) is 7.09. The first-order valence-electron chi connectivity index (χ1n) is 10.2. The van der Waals surface area contributed by atoms with Crippen LogP contribution in [0.5, 0.6) is 0 Å². The summed E-state index contributed by atoms with van der Waals surface area (Å²) in [6.07, 6.45) is 3.70. The van der Waals surface area contributed by atoms with Crippen LogP contribution in [0.2, 0.25) is 5.15 Å². The van der Waals surface area contributed by atoms with Gasteiger partial charge in [0.05, 0.1) is 5.69 Å². The van der Waals surface area contributed by atoms with Crippen LogP contribution in [0, 0.1) is 24.2 Å². The third-order valence-corrected chi connectivity index (χ3v) is 7.83. The monoisotopic (exact) mass is 466 g/mol. The van der Waals surface area contributed by atoms with Crippen molar-refractivity contribution >= 4 is 27.5 Å². The Bertz CT molecular complexity index is 1090. The number of amides is 1. The van der Waals surface area contributed by atoms with Gasteiger partial charge in [-0.15, -0.1) is 0 Å². The summed E-state index contributed by atoms with van der Waals surface area (Å²) in [4.78, 5) is 14.9. The molecule has 1 amide bonds. The van der Waals surface area contributed by atoms with E-state index >= 15 is 0 Å². The summed E-state index contributed by atoms with van der Waals surface area (Å²) in [6, 6.07) is 4.52. The molecule has 0 spiro atoms. The van der Waals surface area contributed by atoms with E-state index in [1.807, 2.05) is 0 Å². The van der Waals surface area contributed by atoms with Crippen molar-refractivity contribution in [3.8, 4) is 6.07 Å². The van der Waals surface area contributed by atoms with Crippen molar-refractivity contribution in [2.24, 2.45) is 13.0 Å². The van der Waals surface area contributed by atoms with Crippen LogP contribution >= 0.6 is 11.6 Å². The molecule has 9 nitrogen and oxygen atoms in total. The summed E-state index contributed by atoms with van der Waals surface area (Å²) in [7, 11) is -2.53. The molecule has 0 aliphatic carbocycles. The average molecular weight is 467 g/mol. The lowest BCUT2D eigenvalue weighted by molar-refractivity contribution is -0.134. The van der Waals surface area contributed by atoms with E-state index in [-0.39, 0.29) is 28.1 Å². The van der Waals surface area contributed by atoms with Crippen LogP contribution < -0.4 is 4.72 Å². The van der Waals surface area contributed by atoms with E-state index in [4.69, 9.17) is 11.6 Å². The van der Waals surface area contributed by atoms with Crippen LogP contribution in [0.25, 0.3) is 0 Å². The number of nitriles is 1. The number of carbonyl (C=O) groups excluding carboxylic acids is 1. The number of aryl methyl sites for hydroxylation is 3. The number of aromatic nitrogens is 3. The average Bonchev–Trinajstić information content (AvgIpc) is 3.28. The number of halogens is 1. The molecule has 0 aromatic carbocycles. The van der Waals surface area contributed by atoms with Gasteiger partial charge in [-0.2, -0.15) is 15.1 Å². The molecule has 1 atom stereocenters. The second-order valence-electron chi connectivity index (χ2n) is 8.00. The molecule has 1 unspecified atom stereocenters. The highest BCUT2D eigenvalue weighted by Crippen LogP contribution is 2.25. The molecule has 0 radical (unpaired) electrons. The number of piperidine rings is 1. The van der Waals surface area contributed by atoms with E-state index in [1.165, 1.54) is 4.68 Å². The van der Waals surface area contributed by atoms with Crippen molar-refractivity contribution in [3.63, 3.8) is 0 Å². The fourth-order valence-electron chi connectivity index (χ4n) is 3.82. The van der Waals surface area contributed by atoms with E-state index in [0.717, 1.165) is 12.8 Å². The van der Waals surface area contributed by atoms with E-state index < -0.39 is 16.1 Å². The number of carbonyl (C=O) groups is 1. The van der Waals surface area contributed by atoms with Gasteiger partial charge >= 0.3 is 0 Å². The minimum Gasteiger partial charge on any atom is -0.341 e. The van der Waals surface area contributed by atoms with Crippen molar-refractivity contribution < 1.29 is 13.2 Å². The minimum absolute atomic E-state index is 0.0137. The van der Waals surface area contributed by atoms with Gasteiger partial charge in [0.2, 0.25) is 15.9 Å². The molecule has 0 bridgehead atoms. The highest BCUT2D eigenvalue weighted by molar-refractivity contribution is 7.89. The summed E-state index contributed by atoms with van der Waals surface area (Å²) < 4.78 is 31.8. The molecule has 1 fully saturated rings. The molecular formula is C20H27ClN6O3S. The number of hydrogen-bond donors (Lipinski definition) is 1. The molecule has 2 aromatic heterocycles. The molecular weight excluding hydrogens is 440 g/mol. The van der Waals surface area contributed by atoms with Gasteiger partial charge < -0.3 is 9.47 Å². The van der Waals surface area contributed by atoms with Crippen molar-refractivity contribution in [2.75, 3.05) is 13.1 Å². The molecule has 1 aliphatic rings. The standard InChI is InChI=1S/C20H27ClN6O3S/c1-14-6-10-27(11-7-14)20(28)17(8-12-26-9-4-5-16(26)13-22)24-31(29,30)18-15(2)23-25(3)19(18)21/h4-5,9,14,17,24H,6-8,10-12H2,1-3H3. The van der Waals surface area contributed by atoms with Gasteiger partial charge in [-0.05, 0) is 44.2 Å². The number of likely N-dealkylation sites (tertiary alicyclic amines) is 1. The maximum absolute atomic E-state index is 13.3. The van der Waals surface area contributed by atoms with Crippen LogP contribution in [-0.2, 0) is 28.4 Å². The van der Waals surface area contributed by atoms with Gasteiger partial charge in [-0.1, -0.05) is 18.5 Å². The molecule has 168 valence electrons. The smallest absolute Gasteiger partial charge is 0.246 e. The van der Waals surface area contributed by atoms with Crippen LogP contribution in [0.1, 0.15) is 37.6 Å². The molecule has 3 heterocycles. The Morgan fingerprint density at radius 3 is 2.68 bits per heavy atom. The van der Waals surface area contributed by atoms with Gasteiger partial charge in [0.1, 0.15) is 27.9 Å². The number of nitrogens with one attached hydrogen (secondary N) is 1. The van der Waals surface area contributed by atoms with E-state index in [2.05, 4.69) is 22.8 Å². The lowest BCUT2D eigenvalue weighted by Crippen LogP contribution is -2.51. The predicted molar refractivity (Wildman–Crippen MR) is 116 cm³/mol. The van der Waals surface area contributed by atoms with Crippen LogP contribution in [0.15, 0.2) is 23.2 Å². The first-order chi connectivity index (χ1) is 14.6. The quantitative estimate of drug-likeness (QED) is 0.670. The van der Waals surface area contributed by atoms with Crippen molar-refractivity contribution in [3.05, 3.63) is 34.9 Å². The molecule has 1 N–H and O–H groups in total. The van der Waals surface area contributed by atoms with Gasteiger partial charge in [0.15, 0.2) is 0 Å². The molecule has 11 heteroatoms. The Morgan fingerprint density at radius 2 is 2.10 bits per heavy atom. The topological polar surface area (TPSA) is 113 Å². The minimum atomic E-state index is -4.09. The lowest BCUT2D eigenvalue weighted by atomic mass is 9.98. The largest absolute Gasteiger partial charge is 0.341 e. The number of sulfonamides is 1. The second-order valence-corrected chi connectivity index (χ2v) is 10.0. The fraction of sp³-hybridized carbons (Fsp3) is 0.550. The molecule has 1 saturated heterocycles. The summed E-state index contributed by atoms with van der Waals surface area (Å²) in [5.74, 6) is 0.271. The maximum atomic E-state index is 13.3. The summed E-state index contributed by atoms with van der Waals surface area (Å²) in [6.45, 7) is 5.21. The number of hydrogen-bond acceptors (Lipinski definition) is 5. The Balaban J connectivity index is 1.85. The summed E-state index contributed by atoms with van der Waals surface area (Å²) in [5.41, 5.74) is 0.710. The molecule has 2 aromatic rings. The first kappa shape index (κ1) is 23.3. The van der Waals surface area contributed by atoms with Crippen LogP contribution in [-0.4, -0.2) is 52.7 Å². The first-order valence-corrected chi connectivity index (χ1v) is 12.1. The Hall–Kier alpha value is -2.35. The highest BCUT2D eigenvalue weighted by Gasteiger charge is 2.33. The third-order valence-electron chi connectivity index (χ3n) is 5.66. The summed E-state index contributed by atoms with van der Waals surface area (Å²) in [5, 5.41) is 13.3. The van der Waals surface area contributed by atoms with Gasteiger partial charge in [-0.25, -0.2) is 8.42 Å². The zero-order chi connectivity index (χ0) is 22.8. The molecule has 0 saturated carbocycles. The van der Waals surface area contributed by atoms with E-state index in [1.54, 1.807) is 41.8 Å². The zero-order valence-electron chi connectivity index (χ0n) is 17.9.